The van der Waals surface area contributed by atoms with Crippen LogP contribution in [0, 0.1) is 5.82 Å². The molecular weight excluding hydrogens is 413 g/mol. The molecule has 1 aromatic heterocycles. The molecule has 0 unspecified atom stereocenters. The Morgan fingerprint density at radius 3 is 2.69 bits per heavy atom. The fourth-order valence-corrected chi connectivity index (χ4v) is 3.90. The summed E-state index contributed by atoms with van der Waals surface area (Å²) in [6.45, 7) is 0.841. The number of aliphatic hydroxyl groups is 1. The normalized spacial score (nSPS) is 17.7. The fraction of sp³-hybridized carbons (Fsp3) is 0.208. The second-order valence-electron chi connectivity index (χ2n) is 7.43. The van der Waals surface area contributed by atoms with Gasteiger partial charge in [-0.25, -0.2) is 9.37 Å². The maximum Gasteiger partial charge on any atom is 0.295 e. The topological polar surface area (TPSA) is 84.7 Å². The average molecular weight is 435 g/mol. The Morgan fingerprint density at radius 1 is 1.16 bits per heavy atom. The van der Waals surface area contributed by atoms with Gasteiger partial charge in [0.05, 0.1) is 25.1 Å². The van der Waals surface area contributed by atoms with Crippen LogP contribution in [0.25, 0.3) is 5.76 Å². The first-order chi connectivity index (χ1) is 15.5. The van der Waals surface area contributed by atoms with E-state index in [1.54, 1.807) is 49.1 Å². The van der Waals surface area contributed by atoms with Crippen molar-refractivity contribution in [1.82, 2.24) is 14.5 Å². The van der Waals surface area contributed by atoms with Crippen LogP contribution in [0.15, 0.2) is 72.8 Å². The van der Waals surface area contributed by atoms with Crippen LogP contribution >= 0.6 is 0 Å². The number of halogens is 1. The Kier molecular flexibility index (Phi) is 6.02. The standard InChI is InChI=1S/C24H22FN3O4/c1-32-19-8-3-6-17(14-19)22(29)20-21(16-5-2-7-18(25)13-16)28(24(31)23(20)30)11-4-10-27-12-9-26-15-27/h2-3,5-9,12-15,21,29H,4,10-11H2,1H3/b22-20+/t21-/m0/s1. The zero-order chi connectivity index (χ0) is 22.7. The second kappa shape index (κ2) is 9.05. The molecule has 0 radical (unpaired) electrons. The zero-order valence-corrected chi connectivity index (χ0v) is 17.4. The molecule has 1 aliphatic heterocycles. The van der Waals surface area contributed by atoms with Gasteiger partial charge in [-0.3, -0.25) is 9.59 Å². The van der Waals surface area contributed by atoms with E-state index < -0.39 is 23.5 Å². The number of Topliss-reactive ketones (excluding diaryl/α,β-unsaturated/α-hetero) is 1. The number of methoxy groups -OCH3 is 1. The number of benzene rings is 2. The van der Waals surface area contributed by atoms with Gasteiger partial charge in [0.15, 0.2) is 0 Å². The van der Waals surface area contributed by atoms with Gasteiger partial charge in [-0.05, 0) is 36.2 Å². The van der Waals surface area contributed by atoms with Crippen LogP contribution in [-0.4, -0.2) is 44.9 Å². The number of aryl methyl sites for hydroxylation is 1. The van der Waals surface area contributed by atoms with E-state index in [9.17, 15) is 19.1 Å². The highest BCUT2D eigenvalue weighted by Gasteiger charge is 2.45. The lowest BCUT2D eigenvalue weighted by atomic mass is 9.95. The monoisotopic (exact) mass is 435 g/mol. The highest BCUT2D eigenvalue weighted by Crippen LogP contribution is 2.40. The average Bonchev–Trinajstić information content (AvgIpc) is 3.41. The molecule has 164 valence electrons. The van der Waals surface area contributed by atoms with Crippen LogP contribution < -0.4 is 4.74 Å². The van der Waals surface area contributed by atoms with Gasteiger partial charge < -0.3 is 19.3 Å². The van der Waals surface area contributed by atoms with Crippen LogP contribution in [-0.2, 0) is 16.1 Å². The van der Waals surface area contributed by atoms with Crippen molar-refractivity contribution in [3.05, 3.63) is 89.8 Å². The van der Waals surface area contributed by atoms with E-state index in [4.69, 9.17) is 4.74 Å². The summed E-state index contributed by atoms with van der Waals surface area (Å²) in [6.07, 6.45) is 5.68. The Morgan fingerprint density at radius 2 is 1.97 bits per heavy atom. The molecule has 3 aromatic rings. The Labute approximate surface area is 184 Å². The van der Waals surface area contributed by atoms with Crippen LogP contribution in [0.3, 0.4) is 0 Å². The minimum absolute atomic E-state index is 0.0727. The molecule has 1 atom stereocenters. The Hall–Kier alpha value is -3.94. The smallest absolute Gasteiger partial charge is 0.295 e. The highest BCUT2D eigenvalue weighted by molar-refractivity contribution is 6.46. The minimum Gasteiger partial charge on any atom is -0.507 e. The van der Waals surface area contributed by atoms with E-state index >= 15 is 0 Å². The number of rotatable bonds is 7. The van der Waals surface area contributed by atoms with Crippen molar-refractivity contribution in [2.75, 3.05) is 13.7 Å². The number of nitrogens with zero attached hydrogens (tertiary/aromatic N) is 3. The predicted molar refractivity (Wildman–Crippen MR) is 115 cm³/mol. The SMILES string of the molecule is COc1cccc(/C(O)=C2\C(=O)C(=O)N(CCCn3ccnc3)[C@H]2c2cccc(F)c2)c1. The molecule has 0 saturated carbocycles. The number of likely N-dealkylation sites (tertiary alicyclic amines) is 1. The van der Waals surface area contributed by atoms with Gasteiger partial charge in [0, 0.05) is 31.0 Å². The van der Waals surface area contributed by atoms with Gasteiger partial charge in [-0.1, -0.05) is 24.3 Å². The summed E-state index contributed by atoms with van der Waals surface area (Å²) >= 11 is 0. The quantitative estimate of drug-likeness (QED) is 0.349. The van der Waals surface area contributed by atoms with Gasteiger partial charge in [0.25, 0.3) is 11.7 Å². The first-order valence-corrected chi connectivity index (χ1v) is 10.1. The number of aliphatic hydroxyl groups excluding tert-OH is 1. The molecule has 0 spiro atoms. The van der Waals surface area contributed by atoms with E-state index in [0.29, 0.717) is 29.8 Å². The number of hydrogen-bond acceptors (Lipinski definition) is 5. The summed E-state index contributed by atoms with van der Waals surface area (Å²) in [7, 11) is 1.49. The van der Waals surface area contributed by atoms with Crippen LogP contribution in [0.5, 0.6) is 5.75 Å². The third-order valence-electron chi connectivity index (χ3n) is 5.42. The molecular formula is C24H22FN3O4. The number of ketones is 1. The summed E-state index contributed by atoms with van der Waals surface area (Å²) < 4.78 is 21.1. The first-order valence-electron chi connectivity index (χ1n) is 10.1. The predicted octanol–water partition coefficient (Wildman–Crippen LogP) is 3.54. The molecule has 1 aliphatic rings. The van der Waals surface area contributed by atoms with Crippen LogP contribution in [0.4, 0.5) is 4.39 Å². The number of imidazole rings is 1. The molecule has 1 saturated heterocycles. The third-order valence-corrected chi connectivity index (χ3v) is 5.42. The van der Waals surface area contributed by atoms with E-state index in [-0.39, 0.29) is 17.9 Å². The van der Waals surface area contributed by atoms with Crippen molar-refractivity contribution in [2.24, 2.45) is 0 Å². The van der Waals surface area contributed by atoms with Crippen molar-refractivity contribution < 1.29 is 23.8 Å². The first kappa shape index (κ1) is 21.3. The fourth-order valence-electron chi connectivity index (χ4n) is 3.90. The maximum absolute atomic E-state index is 14.0. The summed E-state index contributed by atoms with van der Waals surface area (Å²) in [5, 5.41) is 11.0. The molecule has 2 aromatic carbocycles. The number of hydrogen-bond donors (Lipinski definition) is 1. The Balaban J connectivity index is 1.75. The van der Waals surface area contributed by atoms with E-state index in [1.165, 1.54) is 30.2 Å². The number of amides is 1. The Bertz CT molecular complexity index is 1170. The molecule has 0 aliphatic carbocycles. The van der Waals surface area contributed by atoms with Crippen molar-refractivity contribution in [2.45, 2.75) is 19.0 Å². The second-order valence-corrected chi connectivity index (χ2v) is 7.43. The summed E-state index contributed by atoms with van der Waals surface area (Å²) in [5.41, 5.74) is 0.676. The van der Waals surface area contributed by atoms with Gasteiger partial charge in [-0.15, -0.1) is 0 Å². The zero-order valence-electron chi connectivity index (χ0n) is 17.4. The molecule has 1 fully saturated rings. The number of aromatic nitrogens is 2. The molecule has 2 heterocycles. The molecule has 4 rings (SSSR count). The maximum atomic E-state index is 14.0. The van der Waals surface area contributed by atoms with Crippen LogP contribution in [0.1, 0.15) is 23.6 Å². The molecule has 7 nitrogen and oxygen atoms in total. The van der Waals surface area contributed by atoms with Crippen molar-refractivity contribution in [1.29, 1.82) is 0 Å². The minimum atomic E-state index is -0.903. The van der Waals surface area contributed by atoms with Gasteiger partial charge in [0.2, 0.25) is 0 Å². The van der Waals surface area contributed by atoms with E-state index in [1.807, 2.05) is 4.57 Å². The number of carbonyl (C=O) groups excluding carboxylic acids is 2. The summed E-state index contributed by atoms with van der Waals surface area (Å²) in [6, 6.07) is 11.4. The largest absolute Gasteiger partial charge is 0.507 e. The van der Waals surface area contributed by atoms with Gasteiger partial charge in [0.1, 0.15) is 17.3 Å². The lowest BCUT2D eigenvalue weighted by molar-refractivity contribution is -0.139. The lowest BCUT2D eigenvalue weighted by Gasteiger charge is -2.25. The van der Waals surface area contributed by atoms with Crippen molar-refractivity contribution in [3.8, 4) is 5.75 Å². The third kappa shape index (κ3) is 4.12. The van der Waals surface area contributed by atoms with Gasteiger partial charge >= 0.3 is 0 Å². The number of carbonyl (C=O) groups is 2. The molecule has 32 heavy (non-hydrogen) atoms. The van der Waals surface area contributed by atoms with Gasteiger partial charge in [-0.2, -0.15) is 0 Å². The molecule has 0 bridgehead atoms. The molecule has 1 N–H and O–H groups in total. The van der Waals surface area contributed by atoms with E-state index in [2.05, 4.69) is 4.98 Å². The lowest BCUT2D eigenvalue weighted by Crippen LogP contribution is -2.31. The summed E-state index contributed by atoms with van der Waals surface area (Å²) in [4.78, 5) is 31.3. The van der Waals surface area contributed by atoms with E-state index in [0.717, 1.165) is 0 Å². The summed E-state index contributed by atoms with van der Waals surface area (Å²) in [5.74, 6) is -1.86. The van der Waals surface area contributed by atoms with Crippen LogP contribution in [0.2, 0.25) is 0 Å². The highest BCUT2D eigenvalue weighted by atomic mass is 19.1. The molecule has 1 amide bonds. The van der Waals surface area contributed by atoms with Crippen molar-refractivity contribution >= 4 is 17.4 Å². The number of ether oxygens (including phenoxy) is 1. The molecule has 8 heteroatoms. The van der Waals surface area contributed by atoms with Crippen molar-refractivity contribution in [3.63, 3.8) is 0 Å².